The molecule has 2 aromatic heterocycles. The quantitative estimate of drug-likeness (QED) is 0.594. The van der Waals surface area contributed by atoms with E-state index in [4.69, 9.17) is 4.74 Å². The van der Waals surface area contributed by atoms with Crippen LogP contribution in [-0.2, 0) is 0 Å². The van der Waals surface area contributed by atoms with Gasteiger partial charge in [-0.05, 0) is 59.8 Å². The molecule has 1 N–H and O–H groups in total. The largest absolute Gasteiger partial charge is 0.487 e. The molecule has 3 aromatic rings. The molecule has 3 heterocycles. The Labute approximate surface area is 161 Å². The van der Waals surface area contributed by atoms with E-state index in [-0.39, 0.29) is 11.6 Å². The van der Waals surface area contributed by atoms with E-state index in [9.17, 15) is 0 Å². The van der Waals surface area contributed by atoms with Gasteiger partial charge >= 0.3 is 0 Å². The molecule has 0 bridgehead atoms. The molecule has 1 aliphatic carbocycles. The van der Waals surface area contributed by atoms with Crippen molar-refractivity contribution in [2.24, 2.45) is 0 Å². The molecular formula is C21H20BrN3O. The van der Waals surface area contributed by atoms with Gasteiger partial charge in [0.1, 0.15) is 17.2 Å². The maximum absolute atomic E-state index is 6.47. The summed E-state index contributed by atoms with van der Waals surface area (Å²) in [5, 5.41) is 4.74. The Morgan fingerprint density at radius 2 is 1.92 bits per heavy atom. The highest BCUT2D eigenvalue weighted by atomic mass is 79.9. The van der Waals surface area contributed by atoms with Gasteiger partial charge in [0.25, 0.3) is 0 Å². The molecule has 1 unspecified atom stereocenters. The maximum Gasteiger partial charge on any atom is 0.135 e. The number of nitrogens with zero attached hydrogens (tertiary/aromatic N) is 2. The van der Waals surface area contributed by atoms with Crippen LogP contribution >= 0.6 is 15.9 Å². The van der Waals surface area contributed by atoms with Gasteiger partial charge in [0.15, 0.2) is 0 Å². The van der Waals surface area contributed by atoms with Crippen molar-refractivity contribution in [1.29, 1.82) is 0 Å². The summed E-state index contributed by atoms with van der Waals surface area (Å²) in [6, 6.07) is 12.6. The summed E-state index contributed by atoms with van der Waals surface area (Å²) < 4.78 is 7.39. The lowest BCUT2D eigenvalue weighted by Crippen LogP contribution is -2.40. The van der Waals surface area contributed by atoms with Gasteiger partial charge in [0.2, 0.25) is 0 Å². The third-order valence-corrected chi connectivity index (χ3v) is 6.20. The second-order valence-corrected chi connectivity index (χ2v) is 8.14. The van der Waals surface area contributed by atoms with E-state index in [2.05, 4.69) is 61.5 Å². The molecule has 1 aromatic carbocycles. The lowest BCUT2D eigenvalue weighted by molar-refractivity contribution is 0.0453. The number of hydrogen-bond acceptors (Lipinski definition) is 4. The number of halogens is 1. The van der Waals surface area contributed by atoms with Crippen molar-refractivity contribution in [2.75, 3.05) is 5.32 Å². The van der Waals surface area contributed by atoms with Crippen molar-refractivity contribution >= 4 is 32.7 Å². The van der Waals surface area contributed by atoms with Gasteiger partial charge in [-0.2, -0.15) is 0 Å². The van der Waals surface area contributed by atoms with E-state index >= 15 is 0 Å². The highest BCUT2D eigenvalue weighted by Gasteiger charge is 2.43. The Hall–Kier alpha value is -2.14. The standard InChI is InChI=1S/C21H20BrN3O/c22-16-13-24-20(15-7-5-11-23-19(15)16)25-17-12-21(9-3-4-10-21)26-18-8-2-1-6-14(17)18/h1-2,5-8,11,13,17H,3-4,9-10,12H2,(H,24,25). The Balaban J connectivity index is 1.57. The smallest absolute Gasteiger partial charge is 0.135 e. The first-order valence-electron chi connectivity index (χ1n) is 9.18. The van der Waals surface area contributed by atoms with E-state index in [0.717, 1.165) is 46.2 Å². The van der Waals surface area contributed by atoms with E-state index < -0.39 is 0 Å². The maximum atomic E-state index is 6.47. The molecule has 4 nitrogen and oxygen atoms in total. The minimum atomic E-state index is -0.0323. The van der Waals surface area contributed by atoms with Crippen LogP contribution < -0.4 is 10.1 Å². The molecular weight excluding hydrogens is 390 g/mol. The van der Waals surface area contributed by atoms with Crippen molar-refractivity contribution in [3.8, 4) is 5.75 Å². The number of fused-ring (bicyclic) bond motifs is 2. The number of nitrogens with one attached hydrogen (secondary N) is 1. The van der Waals surface area contributed by atoms with Crippen LogP contribution in [0.15, 0.2) is 53.3 Å². The van der Waals surface area contributed by atoms with Gasteiger partial charge in [-0.15, -0.1) is 0 Å². The third-order valence-electron chi connectivity index (χ3n) is 5.62. The second-order valence-electron chi connectivity index (χ2n) is 7.29. The fourth-order valence-electron chi connectivity index (χ4n) is 4.39. The minimum absolute atomic E-state index is 0.0323. The Morgan fingerprint density at radius 3 is 2.81 bits per heavy atom. The number of para-hydroxylation sites is 1. The molecule has 26 heavy (non-hydrogen) atoms. The molecule has 1 atom stereocenters. The summed E-state index contributed by atoms with van der Waals surface area (Å²) in [5.41, 5.74) is 2.11. The monoisotopic (exact) mass is 409 g/mol. The van der Waals surface area contributed by atoms with Gasteiger partial charge in [-0.3, -0.25) is 4.98 Å². The second kappa shape index (κ2) is 6.23. The predicted octanol–water partition coefficient (Wildman–Crippen LogP) is 5.64. The topological polar surface area (TPSA) is 47.0 Å². The first kappa shape index (κ1) is 16.1. The molecule has 0 saturated heterocycles. The van der Waals surface area contributed by atoms with Crippen LogP contribution in [0.1, 0.15) is 43.7 Å². The number of rotatable bonds is 2. The summed E-state index contributed by atoms with van der Waals surface area (Å²) in [6.45, 7) is 0. The molecule has 2 aliphatic rings. The number of anilines is 1. The lowest BCUT2D eigenvalue weighted by atomic mass is 9.86. The average molecular weight is 410 g/mol. The van der Waals surface area contributed by atoms with Crippen molar-refractivity contribution in [1.82, 2.24) is 9.97 Å². The predicted molar refractivity (Wildman–Crippen MR) is 106 cm³/mol. The normalized spacial score (nSPS) is 20.7. The molecule has 5 heteroatoms. The lowest BCUT2D eigenvalue weighted by Gasteiger charge is -2.40. The summed E-state index contributed by atoms with van der Waals surface area (Å²) in [6.07, 6.45) is 9.38. The highest BCUT2D eigenvalue weighted by Crippen LogP contribution is 2.48. The van der Waals surface area contributed by atoms with Crippen LogP contribution in [0, 0.1) is 0 Å². The fourth-order valence-corrected chi connectivity index (χ4v) is 4.81. The number of benzene rings is 1. The van der Waals surface area contributed by atoms with Crippen molar-refractivity contribution in [3.05, 3.63) is 58.8 Å². The van der Waals surface area contributed by atoms with Crippen LogP contribution in [0.3, 0.4) is 0 Å². The Kier molecular flexibility index (Phi) is 3.85. The SMILES string of the molecule is Brc1cnc(NC2CC3(CCCC3)Oc3ccccc32)c2cccnc12. The zero-order valence-electron chi connectivity index (χ0n) is 14.4. The van der Waals surface area contributed by atoms with Crippen molar-refractivity contribution in [2.45, 2.75) is 43.7 Å². The van der Waals surface area contributed by atoms with Crippen LogP contribution in [0.25, 0.3) is 10.9 Å². The molecule has 1 fully saturated rings. The number of pyridine rings is 2. The van der Waals surface area contributed by atoms with E-state index in [1.165, 1.54) is 18.4 Å². The molecule has 1 aliphatic heterocycles. The van der Waals surface area contributed by atoms with E-state index in [1.807, 2.05) is 18.5 Å². The summed E-state index contributed by atoms with van der Waals surface area (Å²) >= 11 is 3.56. The first-order valence-corrected chi connectivity index (χ1v) is 9.97. The van der Waals surface area contributed by atoms with Crippen molar-refractivity contribution in [3.63, 3.8) is 0 Å². The van der Waals surface area contributed by atoms with Crippen molar-refractivity contribution < 1.29 is 4.74 Å². The molecule has 0 amide bonds. The minimum Gasteiger partial charge on any atom is -0.487 e. The average Bonchev–Trinajstić information content (AvgIpc) is 3.11. The Bertz CT molecular complexity index is 968. The van der Waals surface area contributed by atoms with Crippen LogP contribution in [-0.4, -0.2) is 15.6 Å². The van der Waals surface area contributed by atoms with Crippen LogP contribution in [0.5, 0.6) is 5.75 Å². The van der Waals surface area contributed by atoms with Crippen LogP contribution in [0.4, 0.5) is 5.82 Å². The highest BCUT2D eigenvalue weighted by molar-refractivity contribution is 9.10. The molecule has 132 valence electrons. The molecule has 1 spiro atoms. The Morgan fingerprint density at radius 1 is 1.08 bits per heavy atom. The van der Waals surface area contributed by atoms with Crippen LogP contribution in [0.2, 0.25) is 0 Å². The number of aromatic nitrogens is 2. The molecule has 0 radical (unpaired) electrons. The number of ether oxygens (including phenoxy) is 1. The summed E-state index contributed by atoms with van der Waals surface area (Å²) in [7, 11) is 0. The van der Waals surface area contributed by atoms with Gasteiger partial charge in [0.05, 0.1) is 16.0 Å². The van der Waals surface area contributed by atoms with E-state index in [1.54, 1.807) is 0 Å². The summed E-state index contributed by atoms with van der Waals surface area (Å²) in [5.74, 6) is 1.89. The fraction of sp³-hybridized carbons (Fsp3) is 0.333. The first-order chi connectivity index (χ1) is 12.7. The van der Waals surface area contributed by atoms with Gasteiger partial charge in [-0.25, -0.2) is 4.98 Å². The van der Waals surface area contributed by atoms with Gasteiger partial charge in [0, 0.05) is 29.8 Å². The zero-order chi connectivity index (χ0) is 17.6. The third kappa shape index (κ3) is 2.65. The summed E-state index contributed by atoms with van der Waals surface area (Å²) in [4.78, 5) is 9.15. The molecule has 1 saturated carbocycles. The van der Waals surface area contributed by atoms with Gasteiger partial charge < -0.3 is 10.1 Å². The number of hydrogen-bond donors (Lipinski definition) is 1. The zero-order valence-corrected chi connectivity index (χ0v) is 16.0. The van der Waals surface area contributed by atoms with Gasteiger partial charge in [-0.1, -0.05) is 18.2 Å². The van der Waals surface area contributed by atoms with E-state index in [0.29, 0.717) is 0 Å². The molecule has 5 rings (SSSR count).